The first kappa shape index (κ1) is 54.6. The first-order chi connectivity index (χ1) is 27.8. The number of carboxylic acid groups (broad SMARTS) is 1. The number of hydrogen-bond acceptors (Lipinski definition) is 6. The highest BCUT2D eigenvalue weighted by molar-refractivity contribution is 5.87. The normalized spacial score (nSPS) is 12.5. The fraction of sp³-hybridized carbons (Fsp3) is 0.875. The molecule has 4 N–H and O–H groups in total. The van der Waals surface area contributed by atoms with Gasteiger partial charge in [-0.05, 0) is 64.2 Å². The number of hydrogen-bond donors (Lipinski definition) is 4. The van der Waals surface area contributed by atoms with Crippen molar-refractivity contribution in [2.75, 3.05) is 13.2 Å². The Morgan fingerprint density at radius 1 is 0.509 bits per heavy atom. The van der Waals surface area contributed by atoms with Crippen molar-refractivity contribution >= 4 is 23.8 Å². The fourth-order valence-corrected chi connectivity index (χ4v) is 7.30. The number of nitrogens with one attached hydrogen (secondary N) is 2. The van der Waals surface area contributed by atoms with E-state index in [0.717, 1.165) is 57.8 Å². The lowest BCUT2D eigenvalue weighted by atomic mass is 10.0. The van der Waals surface area contributed by atoms with Crippen LogP contribution < -0.4 is 10.6 Å². The van der Waals surface area contributed by atoms with Crippen LogP contribution in [0.25, 0.3) is 0 Å². The Morgan fingerprint density at radius 2 is 0.895 bits per heavy atom. The van der Waals surface area contributed by atoms with Crippen LogP contribution in [0.5, 0.6) is 0 Å². The number of ether oxygens (including phenoxy) is 1. The molecule has 2 amide bonds. The number of carbonyl (C=O) groups excluding carboxylic acids is 3. The number of carboxylic acids is 1. The second kappa shape index (κ2) is 43.2. The van der Waals surface area contributed by atoms with Crippen LogP contribution in [-0.4, -0.2) is 59.3 Å². The van der Waals surface area contributed by atoms with E-state index >= 15 is 0 Å². The van der Waals surface area contributed by atoms with Crippen molar-refractivity contribution in [1.29, 1.82) is 0 Å². The minimum atomic E-state index is -1.38. The average molecular weight is 807 g/mol. The maximum absolute atomic E-state index is 12.8. The summed E-state index contributed by atoms with van der Waals surface area (Å²) in [6, 6.07) is -1.38. The number of allylic oxidation sites excluding steroid dienone is 2. The smallest absolute Gasteiger partial charge is 0.328 e. The number of aliphatic hydroxyl groups excluding tert-OH is 1. The van der Waals surface area contributed by atoms with E-state index in [2.05, 4.69) is 36.6 Å². The van der Waals surface area contributed by atoms with Crippen molar-refractivity contribution in [2.24, 2.45) is 0 Å². The van der Waals surface area contributed by atoms with E-state index in [1.165, 1.54) is 154 Å². The third-order valence-electron chi connectivity index (χ3n) is 11.0. The Hall–Kier alpha value is -2.42. The van der Waals surface area contributed by atoms with E-state index in [1.807, 2.05) is 0 Å². The maximum atomic E-state index is 12.8. The predicted molar refractivity (Wildman–Crippen MR) is 236 cm³/mol. The molecule has 9 nitrogen and oxygen atoms in total. The summed E-state index contributed by atoms with van der Waals surface area (Å²) >= 11 is 0. The Bertz CT molecular complexity index is 972. The van der Waals surface area contributed by atoms with Crippen LogP contribution in [0.15, 0.2) is 12.2 Å². The van der Waals surface area contributed by atoms with Crippen molar-refractivity contribution in [2.45, 2.75) is 257 Å². The molecule has 0 heterocycles. The zero-order valence-electron chi connectivity index (χ0n) is 37.1. The summed E-state index contributed by atoms with van der Waals surface area (Å²) in [6.45, 7) is 3.50. The molecule has 334 valence electrons. The van der Waals surface area contributed by atoms with Gasteiger partial charge in [-0.15, -0.1) is 0 Å². The molecule has 0 aromatic heterocycles. The molecular weight excluding hydrogens is 717 g/mol. The fourth-order valence-electron chi connectivity index (χ4n) is 7.30. The number of unbranched alkanes of at least 4 members (excludes halogenated alkanes) is 28. The quantitative estimate of drug-likeness (QED) is 0.0273. The molecule has 0 bridgehead atoms. The molecule has 0 aromatic carbocycles. The molecular formula is C48H90N2O7. The minimum Gasteiger partial charge on any atom is -0.480 e. The summed E-state index contributed by atoms with van der Waals surface area (Å²) < 4.78 is 6.04. The first-order valence-corrected chi connectivity index (χ1v) is 24.1. The van der Waals surface area contributed by atoms with Gasteiger partial charge >= 0.3 is 11.9 Å². The van der Waals surface area contributed by atoms with E-state index in [1.54, 1.807) is 0 Å². The van der Waals surface area contributed by atoms with Gasteiger partial charge in [0.1, 0.15) is 12.1 Å². The van der Waals surface area contributed by atoms with Crippen LogP contribution >= 0.6 is 0 Å². The molecule has 9 heteroatoms. The molecule has 0 aliphatic rings. The van der Waals surface area contributed by atoms with Crippen LogP contribution in [0, 0.1) is 0 Å². The molecule has 57 heavy (non-hydrogen) atoms. The Morgan fingerprint density at radius 3 is 1.32 bits per heavy atom. The van der Waals surface area contributed by atoms with Crippen LogP contribution in [0.2, 0.25) is 0 Å². The van der Waals surface area contributed by atoms with Gasteiger partial charge in [0.15, 0.2) is 0 Å². The molecule has 2 unspecified atom stereocenters. The molecule has 0 radical (unpaired) electrons. The van der Waals surface area contributed by atoms with E-state index in [-0.39, 0.29) is 24.5 Å². The minimum absolute atomic E-state index is 0.00848. The highest BCUT2D eigenvalue weighted by atomic mass is 16.5. The second-order valence-electron chi connectivity index (χ2n) is 16.6. The lowest BCUT2D eigenvalue weighted by Crippen LogP contribution is -2.47. The average Bonchev–Trinajstić information content (AvgIpc) is 3.20. The summed E-state index contributed by atoms with van der Waals surface area (Å²) in [6.07, 6.45) is 46.7. The summed E-state index contributed by atoms with van der Waals surface area (Å²) in [5.41, 5.74) is 0. The molecule has 0 rings (SSSR count). The zero-order valence-corrected chi connectivity index (χ0v) is 37.1. The van der Waals surface area contributed by atoms with Gasteiger partial charge in [0, 0.05) is 12.8 Å². The molecule has 2 atom stereocenters. The van der Waals surface area contributed by atoms with Gasteiger partial charge in [-0.25, -0.2) is 4.79 Å². The van der Waals surface area contributed by atoms with Crippen LogP contribution in [-0.2, 0) is 23.9 Å². The van der Waals surface area contributed by atoms with Gasteiger partial charge in [0.2, 0.25) is 11.8 Å². The van der Waals surface area contributed by atoms with Crippen molar-refractivity contribution < 1.29 is 34.1 Å². The SMILES string of the molecule is CCCCCCCC/C=C\CCCCCCCCCCCC(=O)OC(CCCCCCCCCCCC)CCCCCCCC(=O)NCC(=O)NC(CO)C(=O)O. The van der Waals surface area contributed by atoms with E-state index in [0.29, 0.717) is 19.3 Å². The second-order valence-corrected chi connectivity index (χ2v) is 16.6. The Labute approximate surface area is 350 Å². The van der Waals surface area contributed by atoms with Crippen LogP contribution in [0.3, 0.4) is 0 Å². The molecule has 0 fully saturated rings. The standard InChI is InChI=1S/C48H90N2O7/c1-3-5-7-9-11-13-15-16-17-18-19-20-21-22-23-25-27-32-36-40-47(54)57-43(37-33-29-26-24-14-12-10-8-6-4-2)38-34-30-28-31-35-39-45(52)49-41-46(53)50-44(42-51)48(55)56/h16-17,43-44,51H,3-15,18-42H2,1-2H3,(H,49,52)(H,50,53)(H,55,56)/b17-16-. The molecule has 0 aromatic rings. The molecule has 0 aliphatic carbocycles. The molecule has 0 saturated carbocycles. The maximum Gasteiger partial charge on any atom is 0.328 e. The predicted octanol–water partition coefficient (Wildman–Crippen LogP) is 12.2. The van der Waals surface area contributed by atoms with Crippen LogP contribution in [0.1, 0.15) is 245 Å². The summed E-state index contributed by atoms with van der Waals surface area (Å²) in [5.74, 6) is -2.28. The number of aliphatic hydroxyl groups is 1. The number of carbonyl (C=O) groups is 4. The van der Waals surface area contributed by atoms with Gasteiger partial charge < -0.3 is 25.6 Å². The van der Waals surface area contributed by atoms with E-state index in [9.17, 15) is 19.2 Å². The summed E-state index contributed by atoms with van der Waals surface area (Å²) in [5, 5.41) is 22.6. The lowest BCUT2D eigenvalue weighted by molar-refractivity contribution is -0.150. The van der Waals surface area contributed by atoms with Gasteiger partial charge in [0.25, 0.3) is 0 Å². The van der Waals surface area contributed by atoms with Crippen LogP contribution in [0.4, 0.5) is 0 Å². The third kappa shape index (κ3) is 40.2. The zero-order chi connectivity index (χ0) is 41.9. The van der Waals surface area contributed by atoms with Crippen molar-refractivity contribution in [1.82, 2.24) is 10.6 Å². The van der Waals surface area contributed by atoms with Crippen molar-refractivity contribution in [3.63, 3.8) is 0 Å². The Kier molecular flexibility index (Phi) is 41.3. The van der Waals surface area contributed by atoms with Gasteiger partial charge in [0.05, 0.1) is 13.2 Å². The van der Waals surface area contributed by atoms with E-state index in [4.69, 9.17) is 14.9 Å². The first-order valence-electron chi connectivity index (χ1n) is 24.1. The number of rotatable bonds is 44. The molecule has 0 aliphatic heterocycles. The Balaban J connectivity index is 4.18. The highest BCUT2D eigenvalue weighted by Crippen LogP contribution is 2.19. The summed E-state index contributed by atoms with van der Waals surface area (Å²) in [4.78, 5) is 47.6. The largest absolute Gasteiger partial charge is 0.480 e. The number of esters is 1. The number of aliphatic carboxylic acids is 1. The highest BCUT2D eigenvalue weighted by Gasteiger charge is 2.19. The topological polar surface area (TPSA) is 142 Å². The number of amides is 2. The van der Waals surface area contributed by atoms with Gasteiger partial charge in [-0.1, -0.05) is 180 Å². The molecule has 0 spiro atoms. The molecule has 0 saturated heterocycles. The van der Waals surface area contributed by atoms with Gasteiger partial charge in [-0.2, -0.15) is 0 Å². The third-order valence-corrected chi connectivity index (χ3v) is 11.0. The monoisotopic (exact) mass is 807 g/mol. The van der Waals surface area contributed by atoms with Crippen molar-refractivity contribution in [3.05, 3.63) is 12.2 Å². The van der Waals surface area contributed by atoms with E-state index < -0.39 is 24.5 Å². The van der Waals surface area contributed by atoms with Crippen molar-refractivity contribution in [3.8, 4) is 0 Å². The van der Waals surface area contributed by atoms with Gasteiger partial charge in [-0.3, -0.25) is 14.4 Å². The lowest BCUT2D eigenvalue weighted by Gasteiger charge is -2.18. The summed E-state index contributed by atoms with van der Waals surface area (Å²) in [7, 11) is 0.